The Morgan fingerprint density at radius 3 is 2.39 bits per heavy atom. The van der Waals surface area contributed by atoms with Crippen molar-refractivity contribution in [3.8, 4) is 0 Å². The first kappa shape index (κ1) is 20.3. The number of aryl methyl sites for hydroxylation is 1. The number of rotatable bonds is 5. The van der Waals surface area contributed by atoms with E-state index in [2.05, 4.69) is 15.2 Å². The second kappa shape index (κ2) is 8.72. The Morgan fingerprint density at radius 1 is 1.07 bits per heavy atom. The number of guanidine groups is 1. The lowest BCUT2D eigenvalue weighted by molar-refractivity contribution is 0.222. The predicted octanol–water partition coefficient (Wildman–Crippen LogP) is 1.86. The van der Waals surface area contributed by atoms with Crippen molar-refractivity contribution in [2.45, 2.75) is 18.4 Å². The van der Waals surface area contributed by atoms with Gasteiger partial charge in [0, 0.05) is 31.9 Å². The Hall–Kier alpha value is -2.42. The van der Waals surface area contributed by atoms with E-state index >= 15 is 0 Å². The van der Waals surface area contributed by atoms with Gasteiger partial charge in [0.15, 0.2) is 5.96 Å². The number of anilines is 1. The number of hydrogen-bond donors (Lipinski definition) is 2. The number of hydrogen-bond acceptors (Lipinski definition) is 4. The number of likely N-dealkylation sites (N-methyl/N-ethyl adjacent to an activating group) is 1. The SMILES string of the molecule is Cc1ccc(NC(N)=NCc2ccccc2S(=O)(=O)N2CCN(C)CC2)cc1. The molecular formula is C20H27N5O2S. The number of sulfonamides is 1. The fraction of sp³-hybridized carbons (Fsp3) is 0.350. The molecule has 8 heteroatoms. The zero-order valence-corrected chi connectivity index (χ0v) is 17.1. The molecule has 3 N–H and O–H groups in total. The molecule has 2 aromatic rings. The highest BCUT2D eigenvalue weighted by molar-refractivity contribution is 7.89. The fourth-order valence-electron chi connectivity index (χ4n) is 3.05. The minimum absolute atomic E-state index is 0.188. The Morgan fingerprint density at radius 2 is 1.71 bits per heavy atom. The maximum Gasteiger partial charge on any atom is 0.243 e. The number of benzene rings is 2. The molecule has 1 heterocycles. The van der Waals surface area contributed by atoms with E-state index in [1.54, 1.807) is 22.5 Å². The number of aliphatic imine (C=N–C) groups is 1. The van der Waals surface area contributed by atoms with Crippen LogP contribution in [0.25, 0.3) is 0 Å². The summed E-state index contributed by atoms with van der Waals surface area (Å²) in [6.07, 6.45) is 0. The molecule has 0 aromatic heterocycles. The molecule has 0 spiro atoms. The van der Waals surface area contributed by atoms with Gasteiger partial charge in [0.25, 0.3) is 0 Å². The van der Waals surface area contributed by atoms with Crippen molar-refractivity contribution in [1.29, 1.82) is 0 Å². The Kier molecular flexibility index (Phi) is 6.33. The summed E-state index contributed by atoms with van der Waals surface area (Å²) in [5.41, 5.74) is 8.61. The normalized spacial score (nSPS) is 16.9. The first-order valence-corrected chi connectivity index (χ1v) is 10.7. The summed E-state index contributed by atoms with van der Waals surface area (Å²) in [4.78, 5) is 6.76. The highest BCUT2D eigenvalue weighted by Gasteiger charge is 2.29. The second-order valence-electron chi connectivity index (χ2n) is 7.01. The van der Waals surface area contributed by atoms with Gasteiger partial charge in [0.05, 0.1) is 11.4 Å². The van der Waals surface area contributed by atoms with Gasteiger partial charge in [-0.2, -0.15) is 4.31 Å². The molecule has 0 radical (unpaired) electrons. The van der Waals surface area contributed by atoms with Crippen LogP contribution in [0.2, 0.25) is 0 Å². The molecule has 0 amide bonds. The lowest BCUT2D eigenvalue weighted by atomic mass is 10.2. The first-order valence-electron chi connectivity index (χ1n) is 9.26. The van der Waals surface area contributed by atoms with E-state index in [9.17, 15) is 8.42 Å². The average Bonchev–Trinajstić information content (AvgIpc) is 2.69. The molecular weight excluding hydrogens is 374 g/mol. The molecule has 1 aliphatic heterocycles. The Balaban J connectivity index is 1.75. The minimum atomic E-state index is -3.55. The van der Waals surface area contributed by atoms with Gasteiger partial charge >= 0.3 is 0 Å². The number of nitrogens with two attached hydrogens (primary N) is 1. The van der Waals surface area contributed by atoms with Crippen LogP contribution in [0.3, 0.4) is 0 Å². The van der Waals surface area contributed by atoms with Crippen molar-refractivity contribution in [2.24, 2.45) is 10.7 Å². The van der Waals surface area contributed by atoms with Gasteiger partial charge in [-0.15, -0.1) is 0 Å². The van der Waals surface area contributed by atoms with Crippen LogP contribution in [0.15, 0.2) is 58.4 Å². The van der Waals surface area contributed by atoms with Gasteiger partial charge in [0.1, 0.15) is 0 Å². The molecule has 3 rings (SSSR count). The fourth-order valence-corrected chi connectivity index (χ4v) is 4.68. The molecule has 0 bridgehead atoms. The van der Waals surface area contributed by atoms with Crippen LogP contribution in [0.1, 0.15) is 11.1 Å². The molecule has 1 aliphatic rings. The van der Waals surface area contributed by atoms with Crippen LogP contribution in [-0.2, 0) is 16.6 Å². The van der Waals surface area contributed by atoms with Crippen molar-refractivity contribution in [1.82, 2.24) is 9.21 Å². The molecule has 1 fully saturated rings. The first-order chi connectivity index (χ1) is 13.4. The quantitative estimate of drug-likeness (QED) is 0.589. The minimum Gasteiger partial charge on any atom is -0.370 e. The van der Waals surface area contributed by atoms with E-state index < -0.39 is 10.0 Å². The third-order valence-electron chi connectivity index (χ3n) is 4.80. The highest BCUT2D eigenvalue weighted by atomic mass is 32.2. The van der Waals surface area contributed by atoms with E-state index in [-0.39, 0.29) is 12.5 Å². The third-order valence-corrected chi connectivity index (χ3v) is 6.80. The van der Waals surface area contributed by atoms with Crippen molar-refractivity contribution in [3.05, 3.63) is 59.7 Å². The van der Waals surface area contributed by atoms with Gasteiger partial charge in [-0.05, 0) is 37.7 Å². The molecule has 2 aromatic carbocycles. The lowest BCUT2D eigenvalue weighted by Gasteiger charge is -2.32. The number of nitrogens with one attached hydrogen (secondary N) is 1. The summed E-state index contributed by atoms with van der Waals surface area (Å²) in [6, 6.07) is 14.8. The summed E-state index contributed by atoms with van der Waals surface area (Å²) in [7, 11) is -1.56. The van der Waals surface area contributed by atoms with E-state index in [1.807, 2.05) is 44.3 Å². The Bertz CT molecular complexity index is 933. The molecule has 150 valence electrons. The van der Waals surface area contributed by atoms with Crippen LogP contribution in [0.4, 0.5) is 5.69 Å². The summed E-state index contributed by atoms with van der Waals surface area (Å²) < 4.78 is 27.7. The van der Waals surface area contributed by atoms with Crippen LogP contribution >= 0.6 is 0 Å². The standard InChI is InChI=1S/C20H27N5O2S/c1-16-7-9-18(10-8-16)23-20(21)22-15-17-5-3-4-6-19(17)28(26,27)25-13-11-24(2)12-14-25/h3-10H,11-15H2,1-2H3,(H3,21,22,23). The average molecular weight is 402 g/mol. The molecule has 1 saturated heterocycles. The van der Waals surface area contributed by atoms with Gasteiger partial charge in [-0.1, -0.05) is 35.9 Å². The summed E-state index contributed by atoms with van der Waals surface area (Å²) >= 11 is 0. The molecule has 0 aliphatic carbocycles. The third kappa shape index (κ3) is 4.89. The zero-order chi connectivity index (χ0) is 20.1. The van der Waals surface area contributed by atoms with Gasteiger partial charge in [-0.3, -0.25) is 0 Å². The number of nitrogens with zero attached hydrogens (tertiary/aromatic N) is 3. The topological polar surface area (TPSA) is 91.0 Å². The maximum atomic E-state index is 13.1. The van der Waals surface area contributed by atoms with Crippen molar-refractivity contribution in [3.63, 3.8) is 0 Å². The summed E-state index contributed by atoms with van der Waals surface area (Å²) in [6.45, 7) is 4.65. The monoisotopic (exact) mass is 401 g/mol. The zero-order valence-electron chi connectivity index (χ0n) is 16.3. The van der Waals surface area contributed by atoms with Crippen LogP contribution < -0.4 is 11.1 Å². The molecule has 7 nitrogen and oxygen atoms in total. The number of piperazine rings is 1. The summed E-state index contributed by atoms with van der Waals surface area (Å²) in [5, 5.41) is 3.03. The molecule has 0 saturated carbocycles. The molecule has 28 heavy (non-hydrogen) atoms. The van der Waals surface area contributed by atoms with E-state index in [4.69, 9.17) is 5.73 Å². The van der Waals surface area contributed by atoms with E-state index in [0.29, 0.717) is 23.5 Å². The van der Waals surface area contributed by atoms with Gasteiger partial charge in [0.2, 0.25) is 10.0 Å². The van der Waals surface area contributed by atoms with E-state index in [0.717, 1.165) is 24.3 Å². The largest absolute Gasteiger partial charge is 0.370 e. The van der Waals surface area contributed by atoms with Crippen LogP contribution in [0, 0.1) is 6.92 Å². The van der Waals surface area contributed by atoms with Crippen molar-refractivity contribution in [2.75, 3.05) is 38.5 Å². The van der Waals surface area contributed by atoms with Crippen molar-refractivity contribution < 1.29 is 8.42 Å². The molecule has 0 unspecified atom stereocenters. The van der Waals surface area contributed by atoms with E-state index in [1.165, 1.54) is 0 Å². The lowest BCUT2D eigenvalue weighted by Crippen LogP contribution is -2.47. The second-order valence-corrected chi connectivity index (χ2v) is 8.91. The maximum absolute atomic E-state index is 13.1. The van der Waals surface area contributed by atoms with Crippen molar-refractivity contribution >= 4 is 21.7 Å². The Labute approximate surface area is 166 Å². The van der Waals surface area contributed by atoms with Crippen LogP contribution in [-0.4, -0.2) is 56.8 Å². The van der Waals surface area contributed by atoms with Gasteiger partial charge < -0.3 is 16.0 Å². The summed E-state index contributed by atoms with van der Waals surface area (Å²) in [5.74, 6) is 0.246. The smallest absolute Gasteiger partial charge is 0.243 e. The highest BCUT2D eigenvalue weighted by Crippen LogP contribution is 2.22. The van der Waals surface area contributed by atoms with Crippen LogP contribution in [0.5, 0.6) is 0 Å². The predicted molar refractivity (Wildman–Crippen MR) is 113 cm³/mol. The molecule has 0 atom stereocenters. The van der Waals surface area contributed by atoms with Gasteiger partial charge in [-0.25, -0.2) is 13.4 Å².